The quantitative estimate of drug-likeness (QED) is 0.898. The summed E-state index contributed by atoms with van der Waals surface area (Å²) in [5.41, 5.74) is 1.21. The maximum atomic E-state index is 11.3. The fraction of sp³-hybridized carbons (Fsp3) is 0.625. The van der Waals surface area contributed by atoms with Crippen LogP contribution in [0.2, 0.25) is 0 Å². The lowest BCUT2D eigenvalue weighted by atomic mass is 9.88. The third-order valence-corrected chi connectivity index (χ3v) is 5.33. The van der Waals surface area contributed by atoms with Gasteiger partial charge in [-0.25, -0.2) is 8.42 Å². The highest BCUT2D eigenvalue weighted by Crippen LogP contribution is 2.26. The molecule has 0 radical (unpaired) electrons. The van der Waals surface area contributed by atoms with Crippen LogP contribution in [0.4, 0.5) is 0 Å². The number of nitrogens with zero attached hydrogens (tertiary/aromatic N) is 1. The highest BCUT2D eigenvalue weighted by molar-refractivity contribution is 7.90. The predicted molar refractivity (Wildman–Crippen MR) is 87.2 cm³/mol. The second-order valence-electron chi connectivity index (χ2n) is 6.38. The number of sulfone groups is 1. The SMILES string of the molecule is CC1CNC(C)(c2ccccc2)CN1CCCS(C)(=O)=O. The van der Waals surface area contributed by atoms with Crippen LogP contribution in [0.25, 0.3) is 0 Å². The molecule has 1 aliphatic rings. The molecule has 2 unspecified atom stereocenters. The first-order valence-corrected chi connectivity index (χ1v) is 9.58. The van der Waals surface area contributed by atoms with E-state index in [1.165, 1.54) is 11.8 Å². The van der Waals surface area contributed by atoms with Gasteiger partial charge in [-0.1, -0.05) is 30.3 Å². The van der Waals surface area contributed by atoms with Crippen LogP contribution in [-0.2, 0) is 15.4 Å². The van der Waals surface area contributed by atoms with Gasteiger partial charge < -0.3 is 5.32 Å². The molecular weight excluding hydrogens is 284 g/mol. The average Bonchev–Trinajstić information content (AvgIpc) is 2.43. The van der Waals surface area contributed by atoms with Crippen LogP contribution in [0, 0.1) is 0 Å². The molecular formula is C16H26N2O2S. The van der Waals surface area contributed by atoms with Crippen molar-refractivity contribution < 1.29 is 8.42 Å². The molecule has 0 saturated carbocycles. The highest BCUT2D eigenvalue weighted by Gasteiger charge is 2.34. The first-order chi connectivity index (χ1) is 9.80. The van der Waals surface area contributed by atoms with Gasteiger partial charge in [-0.2, -0.15) is 0 Å². The highest BCUT2D eigenvalue weighted by atomic mass is 32.2. The zero-order chi connectivity index (χ0) is 15.5. The van der Waals surface area contributed by atoms with Crippen LogP contribution in [-0.4, -0.2) is 51.0 Å². The minimum absolute atomic E-state index is 0.0706. The Bertz CT molecular complexity index is 559. The van der Waals surface area contributed by atoms with E-state index in [1.54, 1.807) is 0 Å². The van der Waals surface area contributed by atoms with Crippen LogP contribution in [0.15, 0.2) is 30.3 Å². The van der Waals surface area contributed by atoms with Crippen molar-refractivity contribution in [2.45, 2.75) is 31.8 Å². The topological polar surface area (TPSA) is 49.4 Å². The Morgan fingerprint density at radius 1 is 1.33 bits per heavy atom. The van der Waals surface area contributed by atoms with Crippen molar-refractivity contribution in [3.63, 3.8) is 0 Å². The molecule has 2 rings (SSSR count). The Hall–Kier alpha value is -0.910. The monoisotopic (exact) mass is 310 g/mol. The molecule has 118 valence electrons. The number of nitrogens with one attached hydrogen (secondary N) is 1. The zero-order valence-corrected chi connectivity index (χ0v) is 14.0. The molecule has 1 aliphatic heterocycles. The van der Waals surface area contributed by atoms with Gasteiger partial charge in [0.05, 0.1) is 11.3 Å². The molecule has 0 bridgehead atoms. The number of rotatable bonds is 5. The summed E-state index contributed by atoms with van der Waals surface area (Å²) in [5, 5.41) is 3.64. The normalized spacial score (nSPS) is 27.7. The Balaban J connectivity index is 2.02. The molecule has 1 N–H and O–H groups in total. The van der Waals surface area contributed by atoms with Crippen molar-refractivity contribution in [3.8, 4) is 0 Å². The first-order valence-electron chi connectivity index (χ1n) is 7.52. The molecule has 0 aliphatic carbocycles. The summed E-state index contributed by atoms with van der Waals surface area (Å²) in [5.74, 6) is 0.270. The van der Waals surface area contributed by atoms with Gasteiger partial charge in [0.15, 0.2) is 0 Å². The molecule has 5 heteroatoms. The van der Waals surface area contributed by atoms with Crippen molar-refractivity contribution in [1.82, 2.24) is 10.2 Å². The van der Waals surface area contributed by atoms with E-state index < -0.39 is 9.84 Å². The van der Waals surface area contributed by atoms with Crippen LogP contribution in [0.5, 0.6) is 0 Å². The molecule has 0 spiro atoms. The Kier molecular flexibility index (Phi) is 5.07. The number of hydrogen-bond donors (Lipinski definition) is 1. The van der Waals surface area contributed by atoms with Gasteiger partial charge in [0.25, 0.3) is 0 Å². The molecule has 0 aromatic heterocycles. The molecule has 2 atom stereocenters. The van der Waals surface area contributed by atoms with Crippen molar-refractivity contribution in [1.29, 1.82) is 0 Å². The van der Waals surface area contributed by atoms with E-state index in [2.05, 4.69) is 48.3 Å². The van der Waals surface area contributed by atoms with Gasteiger partial charge in [0.1, 0.15) is 9.84 Å². The summed E-state index contributed by atoms with van der Waals surface area (Å²) in [4.78, 5) is 2.40. The zero-order valence-electron chi connectivity index (χ0n) is 13.2. The molecule has 4 nitrogen and oxygen atoms in total. The maximum absolute atomic E-state index is 11.3. The summed E-state index contributed by atoms with van der Waals surface area (Å²) in [6.07, 6.45) is 2.01. The van der Waals surface area contributed by atoms with Crippen molar-refractivity contribution in [3.05, 3.63) is 35.9 Å². The molecule has 1 aromatic rings. The van der Waals surface area contributed by atoms with E-state index in [4.69, 9.17) is 0 Å². The summed E-state index contributed by atoms with van der Waals surface area (Å²) in [6, 6.07) is 10.9. The standard InChI is InChI=1S/C16H26N2O2S/c1-14-12-17-16(2,15-8-5-4-6-9-15)13-18(14)10-7-11-21(3,19)20/h4-6,8-9,14,17H,7,10-13H2,1-3H3. The molecule has 1 fully saturated rings. The first kappa shape index (κ1) is 16.5. The molecule has 21 heavy (non-hydrogen) atoms. The van der Waals surface area contributed by atoms with Crippen molar-refractivity contribution in [2.24, 2.45) is 0 Å². The second-order valence-corrected chi connectivity index (χ2v) is 8.64. The summed E-state index contributed by atoms with van der Waals surface area (Å²) >= 11 is 0. The van der Waals surface area contributed by atoms with Crippen LogP contribution < -0.4 is 5.32 Å². The third kappa shape index (κ3) is 4.53. The van der Waals surface area contributed by atoms with Gasteiger partial charge in [-0.05, 0) is 32.4 Å². The predicted octanol–water partition coefficient (Wildman–Crippen LogP) is 1.63. The molecule has 1 aromatic carbocycles. The van der Waals surface area contributed by atoms with Gasteiger partial charge in [-0.3, -0.25) is 4.90 Å². The largest absolute Gasteiger partial charge is 0.305 e. The average molecular weight is 310 g/mol. The van der Waals surface area contributed by atoms with Crippen LogP contribution >= 0.6 is 0 Å². The molecule has 1 heterocycles. The minimum atomic E-state index is -2.87. The van der Waals surface area contributed by atoms with Gasteiger partial charge in [0.2, 0.25) is 0 Å². The van der Waals surface area contributed by atoms with Crippen LogP contribution in [0.1, 0.15) is 25.8 Å². The Morgan fingerprint density at radius 3 is 2.62 bits per heavy atom. The fourth-order valence-electron chi connectivity index (χ4n) is 2.95. The van der Waals surface area contributed by atoms with Gasteiger partial charge >= 0.3 is 0 Å². The fourth-order valence-corrected chi connectivity index (χ4v) is 3.60. The lowest BCUT2D eigenvalue weighted by molar-refractivity contribution is 0.0950. The Labute approximate surface area is 128 Å². The molecule has 0 amide bonds. The van der Waals surface area contributed by atoms with E-state index in [0.717, 1.165) is 19.6 Å². The Morgan fingerprint density at radius 2 is 2.00 bits per heavy atom. The lowest BCUT2D eigenvalue weighted by Gasteiger charge is -2.45. The van der Waals surface area contributed by atoms with Crippen molar-refractivity contribution >= 4 is 9.84 Å². The van der Waals surface area contributed by atoms with Crippen LogP contribution in [0.3, 0.4) is 0 Å². The maximum Gasteiger partial charge on any atom is 0.147 e. The van der Waals surface area contributed by atoms with E-state index in [1.807, 2.05) is 6.07 Å². The van der Waals surface area contributed by atoms with E-state index in [0.29, 0.717) is 12.5 Å². The summed E-state index contributed by atoms with van der Waals surface area (Å²) < 4.78 is 22.5. The van der Waals surface area contributed by atoms with Crippen molar-refractivity contribution in [2.75, 3.05) is 31.6 Å². The minimum Gasteiger partial charge on any atom is -0.305 e. The molecule has 1 saturated heterocycles. The van der Waals surface area contributed by atoms with E-state index in [9.17, 15) is 8.42 Å². The summed E-state index contributed by atoms with van der Waals surface area (Å²) in [7, 11) is -2.87. The summed E-state index contributed by atoms with van der Waals surface area (Å²) in [6.45, 7) is 7.07. The third-order valence-electron chi connectivity index (χ3n) is 4.30. The smallest absolute Gasteiger partial charge is 0.147 e. The van der Waals surface area contributed by atoms with Gasteiger partial charge in [-0.15, -0.1) is 0 Å². The van der Waals surface area contributed by atoms with E-state index >= 15 is 0 Å². The second kappa shape index (κ2) is 6.46. The number of piperazine rings is 1. The van der Waals surface area contributed by atoms with Gasteiger partial charge in [0, 0.05) is 25.4 Å². The van der Waals surface area contributed by atoms with E-state index in [-0.39, 0.29) is 11.3 Å². The number of benzene rings is 1. The lowest BCUT2D eigenvalue weighted by Crippen LogP contribution is -2.60. The number of hydrogen-bond acceptors (Lipinski definition) is 4.